The molecule has 2 unspecified atom stereocenters. The Bertz CT molecular complexity index is 998. The van der Waals surface area contributed by atoms with Crippen LogP contribution in [0.15, 0.2) is 16.3 Å². The van der Waals surface area contributed by atoms with Crippen LogP contribution in [0.2, 0.25) is 0 Å². The summed E-state index contributed by atoms with van der Waals surface area (Å²) in [6.07, 6.45) is -0.800. The standard InChI is InChI=1S/C21H22F6N2O5/c1-8(2)34-21(31)12-10(7-33-5-4-28)29-9(6-22)11(20(30)32-3)13(12)14-15(23)17(25)19(27)18(26)16(14)24/h8,11,13H,4-7,28H2,1-3H3. The highest BCUT2D eigenvalue weighted by molar-refractivity contribution is 6.08. The van der Waals surface area contributed by atoms with Crippen LogP contribution in [0.3, 0.4) is 0 Å². The van der Waals surface area contributed by atoms with Crippen LogP contribution in [0.5, 0.6) is 0 Å². The van der Waals surface area contributed by atoms with Gasteiger partial charge in [0.25, 0.3) is 0 Å². The minimum Gasteiger partial charge on any atom is -0.468 e. The fraction of sp³-hybridized carbons (Fsp3) is 0.476. The number of aliphatic imine (C=N–C) groups is 1. The molecule has 34 heavy (non-hydrogen) atoms. The Balaban J connectivity index is 2.95. The minimum atomic E-state index is -2.45. The molecule has 0 spiro atoms. The summed E-state index contributed by atoms with van der Waals surface area (Å²) in [5.41, 5.74) is 1.94. The average Bonchev–Trinajstić information content (AvgIpc) is 2.80. The van der Waals surface area contributed by atoms with Crippen molar-refractivity contribution in [2.45, 2.75) is 25.9 Å². The molecule has 2 rings (SSSR count). The molecule has 0 aromatic heterocycles. The Morgan fingerprint density at radius 2 is 1.59 bits per heavy atom. The molecule has 188 valence electrons. The smallest absolute Gasteiger partial charge is 0.336 e. The molecule has 0 amide bonds. The van der Waals surface area contributed by atoms with Gasteiger partial charge in [0.2, 0.25) is 5.82 Å². The molecular formula is C21H22F6N2O5. The minimum absolute atomic E-state index is 0.0184. The van der Waals surface area contributed by atoms with Gasteiger partial charge >= 0.3 is 11.9 Å². The maximum Gasteiger partial charge on any atom is 0.336 e. The number of hydrogen-bond donors (Lipinski definition) is 1. The average molecular weight is 496 g/mol. The quantitative estimate of drug-likeness (QED) is 0.186. The Morgan fingerprint density at radius 1 is 1.03 bits per heavy atom. The van der Waals surface area contributed by atoms with Gasteiger partial charge in [-0.3, -0.25) is 9.79 Å². The van der Waals surface area contributed by atoms with Crippen LogP contribution in [0.1, 0.15) is 25.3 Å². The van der Waals surface area contributed by atoms with Crippen molar-refractivity contribution in [2.24, 2.45) is 16.6 Å². The van der Waals surface area contributed by atoms with E-state index in [0.29, 0.717) is 0 Å². The topological polar surface area (TPSA) is 100 Å². The second-order valence-corrected chi connectivity index (χ2v) is 7.35. The van der Waals surface area contributed by atoms with Crippen molar-refractivity contribution < 1.29 is 50.1 Å². The third-order valence-corrected chi connectivity index (χ3v) is 4.80. The van der Waals surface area contributed by atoms with Crippen LogP contribution in [0, 0.1) is 35.0 Å². The van der Waals surface area contributed by atoms with Gasteiger partial charge in [0.15, 0.2) is 23.3 Å². The van der Waals surface area contributed by atoms with Crippen LogP contribution >= 0.6 is 0 Å². The first-order chi connectivity index (χ1) is 16.0. The molecule has 1 heterocycles. The van der Waals surface area contributed by atoms with Gasteiger partial charge in [0.05, 0.1) is 43.4 Å². The van der Waals surface area contributed by atoms with E-state index >= 15 is 0 Å². The number of hydrogen-bond acceptors (Lipinski definition) is 7. The third-order valence-electron chi connectivity index (χ3n) is 4.80. The molecule has 7 nitrogen and oxygen atoms in total. The van der Waals surface area contributed by atoms with Crippen molar-refractivity contribution in [1.82, 2.24) is 0 Å². The van der Waals surface area contributed by atoms with Crippen LogP contribution in [-0.2, 0) is 23.8 Å². The number of ether oxygens (including phenoxy) is 3. The molecule has 1 aliphatic rings. The van der Waals surface area contributed by atoms with E-state index in [1.54, 1.807) is 0 Å². The lowest BCUT2D eigenvalue weighted by atomic mass is 9.74. The maximum absolute atomic E-state index is 14.9. The predicted molar refractivity (Wildman–Crippen MR) is 106 cm³/mol. The van der Waals surface area contributed by atoms with Gasteiger partial charge in [-0.05, 0) is 13.8 Å². The van der Waals surface area contributed by atoms with Gasteiger partial charge in [-0.2, -0.15) is 0 Å². The van der Waals surface area contributed by atoms with Gasteiger partial charge in [-0.15, -0.1) is 0 Å². The maximum atomic E-state index is 14.9. The summed E-state index contributed by atoms with van der Waals surface area (Å²) in [6, 6.07) is 0. The number of methoxy groups -OCH3 is 1. The number of halogens is 6. The van der Waals surface area contributed by atoms with Gasteiger partial charge in [0.1, 0.15) is 12.6 Å². The number of carbonyl (C=O) groups is 2. The first-order valence-electron chi connectivity index (χ1n) is 9.96. The third kappa shape index (κ3) is 5.25. The number of rotatable bonds is 9. The molecular weight excluding hydrogens is 474 g/mol. The van der Waals surface area contributed by atoms with Crippen LogP contribution in [-0.4, -0.2) is 57.3 Å². The number of alkyl halides is 1. The number of carbonyl (C=O) groups excluding carboxylic acids is 2. The van der Waals surface area contributed by atoms with E-state index in [4.69, 9.17) is 15.2 Å². The van der Waals surface area contributed by atoms with E-state index in [1.807, 2.05) is 0 Å². The Morgan fingerprint density at radius 3 is 2.06 bits per heavy atom. The number of nitrogens with two attached hydrogens (primary N) is 1. The molecule has 1 aliphatic heterocycles. The Hall–Kier alpha value is -2.93. The van der Waals surface area contributed by atoms with E-state index in [2.05, 4.69) is 9.73 Å². The molecule has 2 atom stereocenters. The van der Waals surface area contributed by atoms with Crippen molar-refractivity contribution in [3.05, 3.63) is 45.9 Å². The fourth-order valence-corrected chi connectivity index (χ4v) is 3.44. The molecule has 0 aliphatic carbocycles. The summed E-state index contributed by atoms with van der Waals surface area (Å²) in [6.45, 7) is 0.747. The first-order valence-corrected chi connectivity index (χ1v) is 9.96. The first kappa shape index (κ1) is 27.3. The number of esters is 2. The normalized spacial score (nSPS) is 18.3. The zero-order valence-corrected chi connectivity index (χ0v) is 18.4. The molecule has 13 heteroatoms. The van der Waals surface area contributed by atoms with Crippen LogP contribution < -0.4 is 5.73 Å². The molecule has 0 bridgehead atoms. The second-order valence-electron chi connectivity index (χ2n) is 7.35. The molecule has 0 fully saturated rings. The van der Waals surface area contributed by atoms with Crippen molar-refractivity contribution in [2.75, 3.05) is 33.5 Å². The van der Waals surface area contributed by atoms with Gasteiger partial charge in [0, 0.05) is 18.0 Å². The Kier molecular flexibility index (Phi) is 9.21. The van der Waals surface area contributed by atoms with E-state index in [0.717, 1.165) is 7.11 Å². The SMILES string of the molecule is COC(=O)C1C(CF)=NC(COCCN)=C(C(=O)OC(C)C)C1c1c(F)c(F)c(F)c(F)c1F. The van der Waals surface area contributed by atoms with E-state index in [9.17, 15) is 35.9 Å². The molecule has 1 aromatic rings. The van der Waals surface area contributed by atoms with E-state index in [1.165, 1.54) is 13.8 Å². The highest BCUT2D eigenvalue weighted by Gasteiger charge is 2.48. The fourth-order valence-electron chi connectivity index (χ4n) is 3.44. The summed E-state index contributed by atoms with van der Waals surface area (Å²) in [5.74, 6) is -18.6. The lowest BCUT2D eigenvalue weighted by molar-refractivity contribution is -0.145. The number of nitrogens with zero attached hydrogens (tertiary/aromatic N) is 1. The van der Waals surface area contributed by atoms with E-state index in [-0.39, 0.29) is 13.2 Å². The van der Waals surface area contributed by atoms with Crippen molar-refractivity contribution in [3.63, 3.8) is 0 Å². The summed E-state index contributed by atoms with van der Waals surface area (Å²) >= 11 is 0. The van der Waals surface area contributed by atoms with Crippen LogP contribution in [0.4, 0.5) is 26.3 Å². The van der Waals surface area contributed by atoms with Gasteiger partial charge in [-0.1, -0.05) is 0 Å². The number of benzene rings is 1. The monoisotopic (exact) mass is 496 g/mol. The lowest BCUT2D eigenvalue weighted by Crippen LogP contribution is -2.40. The van der Waals surface area contributed by atoms with Crippen LogP contribution in [0.25, 0.3) is 0 Å². The molecule has 0 radical (unpaired) electrons. The summed E-state index contributed by atoms with van der Waals surface area (Å²) in [7, 11) is 0.851. The van der Waals surface area contributed by atoms with Gasteiger partial charge < -0.3 is 19.9 Å². The van der Waals surface area contributed by atoms with Crippen molar-refractivity contribution >= 4 is 17.7 Å². The zero-order chi connectivity index (χ0) is 25.7. The molecule has 0 saturated carbocycles. The highest BCUT2D eigenvalue weighted by atomic mass is 19.2. The Labute approximate surface area is 190 Å². The highest BCUT2D eigenvalue weighted by Crippen LogP contribution is 2.43. The molecule has 2 N–H and O–H groups in total. The lowest BCUT2D eigenvalue weighted by Gasteiger charge is -2.33. The molecule has 1 aromatic carbocycles. The summed E-state index contributed by atoms with van der Waals surface area (Å²) < 4.78 is 100. The predicted octanol–water partition coefficient (Wildman–Crippen LogP) is 2.86. The molecule has 0 saturated heterocycles. The summed E-state index contributed by atoms with van der Waals surface area (Å²) in [4.78, 5) is 29.4. The summed E-state index contributed by atoms with van der Waals surface area (Å²) in [5, 5.41) is 0. The van der Waals surface area contributed by atoms with Crippen molar-refractivity contribution in [3.8, 4) is 0 Å². The second kappa shape index (κ2) is 11.5. The largest absolute Gasteiger partial charge is 0.468 e. The van der Waals surface area contributed by atoms with Crippen molar-refractivity contribution in [1.29, 1.82) is 0 Å². The zero-order valence-electron chi connectivity index (χ0n) is 18.4. The van der Waals surface area contributed by atoms with E-state index < -0.39 is 94.8 Å². The van der Waals surface area contributed by atoms with Gasteiger partial charge in [-0.25, -0.2) is 31.1 Å².